The highest BCUT2D eigenvalue weighted by Crippen LogP contribution is 2.28. The summed E-state index contributed by atoms with van der Waals surface area (Å²) in [7, 11) is 0. The van der Waals surface area contributed by atoms with Crippen LogP contribution in [0.1, 0.15) is 10.5 Å². The van der Waals surface area contributed by atoms with Gasteiger partial charge in [0.1, 0.15) is 11.4 Å². The number of amides is 1. The smallest absolute Gasteiger partial charge is 0.276 e. The second-order valence-corrected chi connectivity index (χ2v) is 6.12. The first-order valence-corrected chi connectivity index (χ1v) is 8.36. The van der Waals surface area contributed by atoms with Crippen molar-refractivity contribution in [1.82, 2.24) is 24.5 Å². The number of rotatable bonds is 4. The minimum atomic E-state index is -0.514. The molecule has 1 amide bonds. The van der Waals surface area contributed by atoms with Crippen molar-refractivity contribution in [3.8, 4) is 17.1 Å². The third kappa shape index (κ3) is 3.07. The normalized spacial score (nSPS) is 10.7. The molecule has 0 saturated carbocycles. The van der Waals surface area contributed by atoms with Crippen LogP contribution in [-0.2, 0) is 0 Å². The molecule has 0 atom stereocenters. The van der Waals surface area contributed by atoms with E-state index in [4.69, 9.17) is 0 Å². The van der Waals surface area contributed by atoms with Crippen molar-refractivity contribution in [2.75, 3.05) is 5.32 Å². The van der Waals surface area contributed by atoms with Crippen LogP contribution < -0.4 is 5.32 Å². The second kappa shape index (κ2) is 6.81. The van der Waals surface area contributed by atoms with Gasteiger partial charge in [0.15, 0.2) is 5.13 Å². The Balaban J connectivity index is 1.60. The lowest BCUT2D eigenvalue weighted by Crippen LogP contribution is -2.16. The highest BCUT2D eigenvalue weighted by atomic mass is 32.1. The first kappa shape index (κ1) is 16.0. The van der Waals surface area contributed by atoms with Gasteiger partial charge in [-0.3, -0.25) is 24.6 Å². The number of halogens is 1. The van der Waals surface area contributed by atoms with E-state index in [1.165, 1.54) is 12.5 Å². The molecular weight excluding hydrogens is 355 g/mol. The van der Waals surface area contributed by atoms with Gasteiger partial charge in [0.2, 0.25) is 5.13 Å². The van der Waals surface area contributed by atoms with Gasteiger partial charge in [-0.05, 0) is 24.3 Å². The molecule has 0 aliphatic carbocycles. The third-order valence-electron chi connectivity index (χ3n) is 3.51. The number of hydrogen-bond donors (Lipinski definition) is 1. The van der Waals surface area contributed by atoms with Gasteiger partial charge in [0.05, 0.1) is 30.1 Å². The maximum atomic E-state index is 14.2. The Labute approximate surface area is 151 Å². The number of nitrogens with zero attached hydrogens (tertiary/aromatic N) is 5. The number of carbonyl (C=O) groups is 1. The van der Waals surface area contributed by atoms with Gasteiger partial charge in [0.25, 0.3) is 5.91 Å². The van der Waals surface area contributed by atoms with Crippen LogP contribution in [0.15, 0.2) is 61.4 Å². The predicted octanol–water partition coefficient (Wildman–Crippen LogP) is 3.18. The molecule has 0 aromatic carbocycles. The van der Waals surface area contributed by atoms with Crippen molar-refractivity contribution >= 4 is 22.4 Å². The van der Waals surface area contributed by atoms with Crippen molar-refractivity contribution in [3.05, 3.63) is 72.3 Å². The quantitative estimate of drug-likeness (QED) is 0.600. The summed E-state index contributed by atoms with van der Waals surface area (Å²) in [5.41, 5.74) is 1.48. The number of carbonyl (C=O) groups excluding carboxylic acids is 1. The molecule has 0 aliphatic rings. The number of thiazole rings is 1. The van der Waals surface area contributed by atoms with Gasteiger partial charge in [-0.2, -0.15) is 4.39 Å². The molecule has 26 heavy (non-hydrogen) atoms. The maximum Gasteiger partial charge on any atom is 0.276 e. The fourth-order valence-corrected chi connectivity index (χ4v) is 3.04. The lowest BCUT2D eigenvalue weighted by Gasteiger charge is -2.06. The zero-order valence-corrected chi connectivity index (χ0v) is 14.0. The number of nitrogens with one attached hydrogen (secondary N) is 1. The molecule has 0 aliphatic heterocycles. The van der Waals surface area contributed by atoms with E-state index in [2.05, 4.69) is 25.3 Å². The molecule has 0 spiro atoms. The summed E-state index contributed by atoms with van der Waals surface area (Å²) in [6.45, 7) is 0. The summed E-state index contributed by atoms with van der Waals surface area (Å²) < 4.78 is 15.8. The average molecular weight is 366 g/mol. The molecule has 7 nitrogen and oxygen atoms in total. The molecule has 0 saturated heterocycles. The van der Waals surface area contributed by atoms with E-state index in [-0.39, 0.29) is 16.5 Å². The van der Waals surface area contributed by atoms with Crippen LogP contribution >= 0.6 is 11.3 Å². The Kier molecular flexibility index (Phi) is 4.20. The number of anilines is 1. The van der Waals surface area contributed by atoms with E-state index in [0.717, 1.165) is 11.3 Å². The van der Waals surface area contributed by atoms with Crippen LogP contribution in [-0.4, -0.2) is 30.4 Å². The van der Waals surface area contributed by atoms with Gasteiger partial charge < -0.3 is 0 Å². The Bertz CT molecular complexity index is 1050. The molecule has 9 heteroatoms. The predicted molar refractivity (Wildman–Crippen MR) is 94.6 cm³/mol. The van der Waals surface area contributed by atoms with Crippen molar-refractivity contribution < 1.29 is 9.18 Å². The first-order chi connectivity index (χ1) is 12.7. The van der Waals surface area contributed by atoms with E-state index < -0.39 is 11.0 Å². The van der Waals surface area contributed by atoms with Crippen LogP contribution in [0, 0.1) is 5.13 Å². The van der Waals surface area contributed by atoms with Gasteiger partial charge in [-0.15, -0.1) is 0 Å². The maximum absolute atomic E-state index is 14.2. The van der Waals surface area contributed by atoms with E-state index in [1.807, 2.05) is 0 Å². The average Bonchev–Trinajstić information content (AvgIpc) is 3.30. The molecule has 128 valence electrons. The lowest BCUT2D eigenvalue weighted by atomic mass is 10.3. The van der Waals surface area contributed by atoms with Crippen molar-refractivity contribution in [1.29, 1.82) is 0 Å². The Morgan fingerprint density at radius 1 is 1.12 bits per heavy atom. The molecule has 0 fully saturated rings. The monoisotopic (exact) mass is 366 g/mol. The zero-order valence-electron chi connectivity index (χ0n) is 13.2. The number of aromatic nitrogens is 5. The standard InChI is InChI=1S/C17H11FN6OS/c18-15-14(12-5-1-2-7-21-12)22-17(26-15)23-16(25)13-9-20-10-24(13)11-4-3-6-19-8-11/h1-10H,(H,22,23,25). The second-order valence-electron chi connectivity index (χ2n) is 5.17. The van der Waals surface area contributed by atoms with Crippen LogP contribution in [0.3, 0.4) is 0 Å². The molecule has 4 aromatic heterocycles. The molecule has 0 unspecified atom stereocenters. The summed E-state index contributed by atoms with van der Waals surface area (Å²) in [6.07, 6.45) is 7.73. The molecule has 1 N–H and O–H groups in total. The topological polar surface area (TPSA) is 85.6 Å². The van der Waals surface area contributed by atoms with Gasteiger partial charge in [-0.25, -0.2) is 9.97 Å². The molecule has 0 radical (unpaired) electrons. The summed E-state index contributed by atoms with van der Waals surface area (Å²) in [5.74, 6) is -0.451. The van der Waals surface area contributed by atoms with Crippen LogP contribution in [0.2, 0.25) is 0 Å². The van der Waals surface area contributed by atoms with Gasteiger partial charge >= 0.3 is 0 Å². The molecular formula is C17H11FN6OS. The van der Waals surface area contributed by atoms with Gasteiger partial charge in [0, 0.05) is 12.4 Å². The number of imidazole rings is 1. The Morgan fingerprint density at radius 3 is 2.81 bits per heavy atom. The highest BCUT2D eigenvalue weighted by Gasteiger charge is 2.18. The molecule has 4 rings (SSSR count). The molecule has 4 heterocycles. The first-order valence-electron chi connectivity index (χ1n) is 7.54. The minimum absolute atomic E-state index is 0.103. The van der Waals surface area contributed by atoms with Crippen molar-refractivity contribution in [3.63, 3.8) is 0 Å². The molecule has 4 aromatic rings. The SMILES string of the molecule is O=C(Nc1nc(-c2ccccn2)c(F)s1)c1cncn1-c1cccnc1. The van der Waals surface area contributed by atoms with Crippen LogP contribution in [0.4, 0.5) is 9.52 Å². The lowest BCUT2D eigenvalue weighted by molar-refractivity contribution is 0.102. The highest BCUT2D eigenvalue weighted by molar-refractivity contribution is 7.14. The largest absolute Gasteiger partial charge is 0.296 e. The number of pyridine rings is 2. The summed E-state index contributed by atoms with van der Waals surface area (Å²) >= 11 is 0.745. The third-order valence-corrected chi connectivity index (χ3v) is 4.27. The van der Waals surface area contributed by atoms with Crippen molar-refractivity contribution in [2.24, 2.45) is 0 Å². The summed E-state index contributed by atoms with van der Waals surface area (Å²) in [4.78, 5) is 28.8. The number of hydrogen-bond acceptors (Lipinski definition) is 6. The van der Waals surface area contributed by atoms with E-state index in [1.54, 1.807) is 53.5 Å². The Hall–Kier alpha value is -3.46. The van der Waals surface area contributed by atoms with Gasteiger partial charge in [-0.1, -0.05) is 17.4 Å². The van der Waals surface area contributed by atoms with Crippen molar-refractivity contribution in [2.45, 2.75) is 0 Å². The Morgan fingerprint density at radius 2 is 2.04 bits per heavy atom. The fourth-order valence-electron chi connectivity index (χ4n) is 2.34. The summed E-state index contributed by atoms with van der Waals surface area (Å²) in [6, 6.07) is 8.68. The minimum Gasteiger partial charge on any atom is -0.296 e. The van der Waals surface area contributed by atoms with Crippen LogP contribution in [0.5, 0.6) is 0 Å². The fraction of sp³-hybridized carbons (Fsp3) is 0. The summed E-state index contributed by atoms with van der Waals surface area (Å²) in [5, 5.41) is 2.24. The van der Waals surface area contributed by atoms with Crippen LogP contribution in [0.25, 0.3) is 17.1 Å². The van der Waals surface area contributed by atoms with E-state index >= 15 is 0 Å². The zero-order chi connectivity index (χ0) is 17.9. The van der Waals surface area contributed by atoms with E-state index in [9.17, 15) is 9.18 Å². The van der Waals surface area contributed by atoms with E-state index in [0.29, 0.717) is 11.4 Å². The molecule has 0 bridgehead atoms.